The van der Waals surface area contributed by atoms with E-state index >= 15 is 0 Å². The highest BCUT2D eigenvalue weighted by Gasteiger charge is 2.14. The maximum absolute atomic E-state index is 8.99. The number of nitrogen functional groups attached to an aromatic ring is 1. The fourth-order valence-corrected chi connectivity index (χ4v) is 3.84. The Hall–Kier alpha value is -4.68. The summed E-state index contributed by atoms with van der Waals surface area (Å²) in [4.78, 5) is 9.20. The van der Waals surface area contributed by atoms with Crippen molar-refractivity contribution in [3.8, 4) is 23.3 Å². The first-order valence-corrected chi connectivity index (χ1v) is 10.0. The van der Waals surface area contributed by atoms with E-state index in [1.807, 2.05) is 38.1 Å². The van der Waals surface area contributed by atoms with Crippen LogP contribution in [0.25, 0.3) is 28.1 Å². The molecule has 0 bridgehead atoms. The van der Waals surface area contributed by atoms with E-state index in [0.717, 1.165) is 44.4 Å². The van der Waals surface area contributed by atoms with Crippen LogP contribution >= 0.6 is 0 Å². The summed E-state index contributed by atoms with van der Waals surface area (Å²) in [6.07, 6.45) is 3.27. The Morgan fingerprint density at radius 2 is 1.69 bits per heavy atom. The van der Waals surface area contributed by atoms with Crippen LogP contribution in [0.15, 0.2) is 60.7 Å². The predicted octanol–water partition coefficient (Wildman–Crippen LogP) is 5.65. The molecule has 0 aliphatic rings. The molecular weight excluding hydrogens is 396 g/mol. The summed E-state index contributed by atoms with van der Waals surface area (Å²) in [5.74, 6) is 0.771. The number of nitrogens with zero attached hydrogens (tertiary/aromatic N) is 4. The van der Waals surface area contributed by atoms with Crippen LogP contribution in [0.1, 0.15) is 22.3 Å². The van der Waals surface area contributed by atoms with Crippen molar-refractivity contribution in [1.29, 1.82) is 10.5 Å². The van der Waals surface area contributed by atoms with Crippen molar-refractivity contribution in [2.75, 3.05) is 11.1 Å². The maximum Gasteiger partial charge on any atom is 0.229 e. The molecule has 0 aliphatic carbocycles. The Labute approximate surface area is 186 Å². The summed E-state index contributed by atoms with van der Waals surface area (Å²) in [5, 5.41) is 21.8. The zero-order valence-electron chi connectivity index (χ0n) is 17.7. The van der Waals surface area contributed by atoms with E-state index < -0.39 is 0 Å². The standard InChI is InChI=1S/C26H20N6/c1-16-13-19(5-4-12-27)14-17(2)23(16)21-6-3-7-22-24(21)31-26(32-25(22)29)30-20-10-8-18(15-28)9-11-20/h3-11,13-14H,1-2H3,(H3,29,30,31,32). The van der Waals surface area contributed by atoms with Gasteiger partial charge < -0.3 is 11.1 Å². The molecule has 0 saturated carbocycles. The molecule has 1 aromatic heterocycles. The molecule has 0 aliphatic heterocycles. The SMILES string of the molecule is Cc1cc(C=CC#N)cc(C)c1-c1cccc2c(N)nc(Nc3ccc(C#N)cc3)nc12. The van der Waals surface area contributed by atoms with Gasteiger partial charge in [0.05, 0.1) is 23.2 Å². The molecule has 0 amide bonds. The van der Waals surface area contributed by atoms with Crippen LogP contribution in [0, 0.1) is 36.5 Å². The first-order chi connectivity index (χ1) is 15.5. The van der Waals surface area contributed by atoms with Crippen molar-refractivity contribution in [2.45, 2.75) is 13.8 Å². The first-order valence-electron chi connectivity index (χ1n) is 10.0. The van der Waals surface area contributed by atoms with Crippen molar-refractivity contribution in [2.24, 2.45) is 0 Å². The molecule has 4 rings (SSSR count). The van der Waals surface area contributed by atoms with E-state index in [4.69, 9.17) is 21.2 Å². The molecule has 3 N–H and O–H groups in total. The molecule has 0 spiro atoms. The number of nitrogens with one attached hydrogen (secondary N) is 1. The Kier molecular flexibility index (Phi) is 5.53. The number of aryl methyl sites for hydroxylation is 2. The Bertz CT molecular complexity index is 1410. The number of hydrogen-bond donors (Lipinski definition) is 2. The van der Waals surface area contributed by atoms with Crippen LogP contribution in [0.3, 0.4) is 0 Å². The number of nitriles is 2. The van der Waals surface area contributed by atoms with Gasteiger partial charge in [-0.2, -0.15) is 15.5 Å². The van der Waals surface area contributed by atoms with Gasteiger partial charge in [0.25, 0.3) is 0 Å². The number of fused-ring (bicyclic) bond motifs is 1. The van der Waals surface area contributed by atoms with Crippen LogP contribution in [0.4, 0.5) is 17.5 Å². The van der Waals surface area contributed by atoms with E-state index in [0.29, 0.717) is 17.3 Å². The minimum atomic E-state index is 0.385. The zero-order chi connectivity index (χ0) is 22.7. The number of hydrogen-bond acceptors (Lipinski definition) is 6. The van der Waals surface area contributed by atoms with E-state index in [-0.39, 0.29) is 0 Å². The highest BCUT2D eigenvalue weighted by molar-refractivity contribution is 6.00. The van der Waals surface area contributed by atoms with Gasteiger partial charge in [0.15, 0.2) is 0 Å². The van der Waals surface area contributed by atoms with Crippen molar-refractivity contribution in [3.63, 3.8) is 0 Å². The Balaban J connectivity index is 1.83. The van der Waals surface area contributed by atoms with Gasteiger partial charge in [-0.05, 0) is 72.5 Å². The number of allylic oxidation sites excluding steroid dienone is 1. The lowest BCUT2D eigenvalue weighted by Crippen LogP contribution is -2.03. The highest BCUT2D eigenvalue weighted by Crippen LogP contribution is 2.35. The maximum atomic E-state index is 8.99. The minimum absolute atomic E-state index is 0.385. The number of anilines is 3. The van der Waals surface area contributed by atoms with Crippen molar-refractivity contribution >= 4 is 34.4 Å². The summed E-state index contributed by atoms with van der Waals surface area (Å²) >= 11 is 0. The van der Waals surface area contributed by atoms with Gasteiger partial charge in [0.1, 0.15) is 5.82 Å². The first kappa shape index (κ1) is 20.6. The second kappa shape index (κ2) is 8.59. The largest absolute Gasteiger partial charge is 0.383 e. The van der Waals surface area contributed by atoms with Gasteiger partial charge in [0.2, 0.25) is 5.95 Å². The van der Waals surface area contributed by atoms with Crippen LogP contribution < -0.4 is 11.1 Å². The third-order valence-electron chi connectivity index (χ3n) is 5.20. The summed E-state index contributed by atoms with van der Waals surface area (Å²) in [6, 6.07) is 21.2. The van der Waals surface area contributed by atoms with Crippen LogP contribution in [-0.2, 0) is 0 Å². The van der Waals surface area contributed by atoms with Crippen molar-refractivity contribution < 1.29 is 0 Å². The lowest BCUT2D eigenvalue weighted by molar-refractivity contribution is 1.22. The molecule has 0 radical (unpaired) electrons. The van der Waals surface area contributed by atoms with Gasteiger partial charge in [0, 0.05) is 22.7 Å². The summed E-state index contributed by atoms with van der Waals surface area (Å²) in [5.41, 5.74) is 13.6. The van der Waals surface area contributed by atoms with Crippen molar-refractivity contribution in [1.82, 2.24) is 9.97 Å². The molecule has 154 valence electrons. The van der Waals surface area contributed by atoms with E-state index in [1.54, 1.807) is 30.3 Å². The predicted molar refractivity (Wildman–Crippen MR) is 128 cm³/mol. The molecule has 0 saturated heterocycles. The topological polar surface area (TPSA) is 111 Å². The van der Waals surface area contributed by atoms with Crippen LogP contribution in [-0.4, -0.2) is 9.97 Å². The average Bonchev–Trinajstić information content (AvgIpc) is 2.78. The number of benzene rings is 3. The fraction of sp³-hybridized carbons (Fsp3) is 0.0769. The third kappa shape index (κ3) is 3.98. The Morgan fingerprint density at radius 3 is 2.34 bits per heavy atom. The number of nitrogens with two attached hydrogens (primary N) is 1. The molecule has 1 heterocycles. The second-order valence-electron chi connectivity index (χ2n) is 7.44. The third-order valence-corrected chi connectivity index (χ3v) is 5.20. The van der Waals surface area contributed by atoms with Gasteiger partial charge in [-0.3, -0.25) is 0 Å². The molecular formula is C26H20N6. The van der Waals surface area contributed by atoms with E-state index in [1.165, 1.54) is 6.08 Å². The molecule has 3 aromatic carbocycles. The molecule has 6 heteroatoms. The zero-order valence-corrected chi connectivity index (χ0v) is 17.7. The summed E-state index contributed by atoms with van der Waals surface area (Å²) in [7, 11) is 0. The number of para-hydroxylation sites is 1. The molecule has 0 atom stereocenters. The smallest absolute Gasteiger partial charge is 0.229 e. The van der Waals surface area contributed by atoms with E-state index in [2.05, 4.69) is 28.5 Å². The molecule has 0 fully saturated rings. The molecule has 4 aromatic rings. The minimum Gasteiger partial charge on any atom is -0.383 e. The van der Waals surface area contributed by atoms with Gasteiger partial charge in [-0.15, -0.1) is 0 Å². The quantitative estimate of drug-likeness (QED) is 0.416. The number of aromatic nitrogens is 2. The number of rotatable bonds is 4. The normalized spacial score (nSPS) is 10.8. The van der Waals surface area contributed by atoms with Crippen LogP contribution in [0.2, 0.25) is 0 Å². The summed E-state index contributed by atoms with van der Waals surface area (Å²) in [6.45, 7) is 4.09. The van der Waals surface area contributed by atoms with Gasteiger partial charge in [-0.1, -0.05) is 24.3 Å². The fourth-order valence-electron chi connectivity index (χ4n) is 3.84. The van der Waals surface area contributed by atoms with Crippen LogP contribution in [0.5, 0.6) is 0 Å². The van der Waals surface area contributed by atoms with Crippen molar-refractivity contribution in [3.05, 3.63) is 82.9 Å². The molecule has 6 nitrogen and oxygen atoms in total. The lowest BCUT2D eigenvalue weighted by atomic mass is 9.92. The Morgan fingerprint density at radius 1 is 0.969 bits per heavy atom. The van der Waals surface area contributed by atoms with Gasteiger partial charge in [-0.25, -0.2) is 4.98 Å². The average molecular weight is 416 g/mol. The highest BCUT2D eigenvalue weighted by atomic mass is 15.1. The second-order valence-corrected chi connectivity index (χ2v) is 7.44. The molecule has 0 unspecified atom stereocenters. The summed E-state index contributed by atoms with van der Waals surface area (Å²) < 4.78 is 0. The van der Waals surface area contributed by atoms with Gasteiger partial charge >= 0.3 is 0 Å². The van der Waals surface area contributed by atoms with E-state index in [9.17, 15) is 0 Å². The lowest BCUT2D eigenvalue weighted by Gasteiger charge is -2.15. The monoisotopic (exact) mass is 416 g/mol. The molecule has 32 heavy (non-hydrogen) atoms.